The van der Waals surface area contributed by atoms with E-state index < -0.39 is 0 Å². The molecular weight excluding hydrogens is 438 g/mol. The van der Waals surface area contributed by atoms with Crippen LogP contribution in [0.1, 0.15) is 33.9 Å². The molecule has 1 aliphatic heterocycles. The maximum atomic E-state index is 6.08. The molecule has 34 heavy (non-hydrogen) atoms. The molecule has 0 spiro atoms. The first-order chi connectivity index (χ1) is 16.7. The van der Waals surface area contributed by atoms with E-state index in [0.29, 0.717) is 6.61 Å². The lowest BCUT2D eigenvalue weighted by Gasteiger charge is -2.19. The molecule has 0 bridgehead atoms. The Labute approximate surface area is 205 Å². The van der Waals surface area contributed by atoms with Gasteiger partial charge in [-0.2, -0.15) is 0 Å². The summed E-state index contributed by atoms with van der Waals surface area (Å²) in [5.74, 6) is 1.50. The number of benzene rings is 4. The van der Waals surface area contributed by atoms with Crippen LogP contribution in [-0.2, 0) is 6.61 Å². The summed E-state index contributed by atoms with van der Waals surface area (Å²) in [6, 6.07) is 33.5. The van der Waals surface area contributed by atoms with Crippen molar-refractivity contribution in [1.29, 1.82) is 0 Å². The Hall–Kier alpha value is -3.50. The topological polar surface area (TPSA) is 30.8 Å². The van der Waals surface area contributed by atoms with Gasteiger partial charge in [-0.15, -0.1) is 11.8 Å². The molecule has 3 nitrogen and oxygen atoms in total. The second kappa shape index (κ2) is 10.2. The third-order valence-electron chi connectivity index (χ3n) is 5.95. The number of aliphatic imine (C=N–C) groups is 1. The van der Waals surface area contributed by atoms with Crippen molar-refractivity contribution in [3.8, 4) is 11.5 Å². The molecule has 0 saturated heterocycles. The van der Waals surface area contributed by atoms with E-state index >= 15 is 0 Å². The Kier molecular flexibility index (Phi) is 6.68. The number of aryl methyl sites for hydroxylation is 1. The van der Waals surface area contributed by atoms with Crippen LogP contribution in [0.4, 0.5) is 5.69 Å². The average molecular weight is 466 g/mol. The smallest absolute Gasteiger partial charge is 0.161 e. The summed E-state index contributed by atoms with van der Waals surface area (Å²) in [4.78, 5) is 6.27. The van der Waals surface area contributed by atoms with E-state index in [-0.39, 0.29) is 5.25 Å². The molecular formula is C30H27NO2S. The monoisotopic (exact) mass is 465 g/mol. The second-order valence-electron chi connectivity index (χ2n) is 8.39. The lowest BCUT2D eigenvalue weighted by molar-refractivity contribution is 0.284. The normalized spacial score (nSPS) is 15.1. The predicted molar refractivity (Wildman–Crippen MR) is 141 cm³/mol. The fraction of sp³-hybridized carbons (Fsp3) is 0.167. The highest BCUT2D eigenvalue weighted by molar-refractivity contribution is 7.99. The molecule has 0 amide bonds. The Morgan fingerprint density at radius 1 is 0.853 bits per heavy atom. The quantitative estimate of drug-likeness (QED) is 0.290. The molecule has 4 aromatic rings. The molecule has 1 unspecified atom stereocenters. The molecule has 4 aromatic carbocycles. The van der Waals surface area contributed by atoms with E-state index in [9.17, 15) is 0 Å². The van der Waals surface area contributed by atoms with Gasteiger partial charge in [-0.3, -0.25) is 4.99 Å². The van der Waals surface area contributed by atoms with Gasteiger partial charge in [0.2, 0.25) is 0 Å². The largest absolute Gasteiger partial charge is 0.493 e. The summed E-state index contributed by atoms with van der Waals surface area (Å²) in [7, 11) is 1.70. The molecule has 1 heterocycles. The van der Waals surface area contributed by atoms with Gasteiger partial charge in [-0.05, 0) is 47.9 Å². The SMILES string of the molecule is COc1cc(C2CC(c3ccc(C)cc3)=Nc3ccccc3S2)ccc1OCc1ccccc1. The molecule has 170 valence electrons. The van der Waals surface area contributed by atoms with Crippen LogP contribution in [0, 0.1) is 6.92 Å². The lowest BCUT2D eigenvalue weighted by Crippen LogP contribution is -2.06. The van der Waals surface area contributed by atoms with Crippen LogP contribution < -0.4 is 9.47 Å². The van der Waals surface area contributed by atoms with E-state index in [4.69, 9.17) is 14.5 Å². The molecule has 0 radical (unpaired) electrons. The van der Waals surface area contributed by atoms with Crippen molar-refractivity contribution in [1.82, 2.24) is 0 Å². The number of thioether (sulfide) groups is 1. The maximum Gasteiger partial charge on any atom is 0.161 e. The first-order valence-corrected chi connectivity index (χ1v) is 12.3. The van der Waals surface area contributed by atoms with Gasteiger partial charge in [0, 0.05) is 22.3 Å². The van der Waals surface area contributed by atoms with Gasteiger partial charge < -0.3 is 9.47 Å². The van der Waals surface area contributed by atoms with Gasteiger partial charge in [-0.1, -0.05) is 78.4 Å². The zero-order valence-electron chi connectivity index (χ0n) is 19.4. The van der Waals surface area contributed by atoms with E-state index in [1.807, 2.05) is 36.0 Å². The minimum Gasteiger partial charge on any atom is -0.493 e. The number of rotatable bonds is 6. The van der Waals surface area contributed by atoms with Crippen LogP contribution >= 0.6 is 11.8 Å². The molecule has 0 aromatic heterocycles. The highest BCUT2D eigenvalue weighted by Crippen LogP contribution is 2.47. The Balaban J connectivity index is 1.45. The van der Waals surface area contributed by atoms with Gasteiger partial charge in [-0.25, -0.2) is 0 Å². The fourth-order valence-electron chi connectivity index (χ4n) is 4.06. The van der Waals surface area contributed by atoms with Crippen molar-refractivity contribution in [3.63, 3.8) is 0 Å². The standard InChI is InChI=1S/C30H27NO2S/c1-21-12-14-23(15-13-21)26-19-30(34-29-11-7-6-10-25(29)31-26)24-16-17-27(28(18-24)32-2)33-20-22-8-4-3-5-9-22/h3-18,30H,19-20H2,1-2H3. The summed E-state index contributed by atoms with van der Waals surface area (Å²) < 4.78 is 11.8. The lowest BCUT2D eigenvalue weighted by atomic mass is 10.00. The Morgan fingerprint density at radius 2 is 1.62 bits per heavy atom. The maximum absolute atomic E-state index is 6.08. The molecule has 0 N–H and O–H groups in total. The number of nitrogens with zero attached hydrogens (tertiary/aromatic N) is 1. The van der Waals surface area contributed by atoms with Gasteiger partial charge in [0.05, 0.1) is 12.8 Å². The summed E-state index contributed by atoms with van der Waals surface area (Å²) in [6.45, 7) is 2.62. The van der Waals surface area contributed by atoms with Gasteiger partial charge in [0.15, 0.2) is 11.5 Å². The third-order valence-corrected chi connectivity index (χ3v) is 7.27. The third kappa shape index (κ3) is 5.02. The van der Waals surface area contributed by atoms with E-state index in [1.54, 1.807) is 7.11 Å². The zero-order valence-corrected chi connectivity index (χ0v) is 20.2. The minimum atomic E-state index is 0.209. The van der Waals surface area contributed by atoms with E-state index in [0.717, 1.165) is 34.9 Å². The molecule has 0 fully saturated rings. The zero-order chi connectivity index (χ0) is 23.3. The van der Waals surface area contributed by atoms with Crippen molar-refractivity contribution < 1.29 is 9.47 Å². The number of para-hydroxylation sites is 1. The van der Waals surface area contributed by atoms with E-state index in [1.165, 1.54) is 21.6 Å². The number of hydrogen-bond donors (Lipinski definition) is 0. The highest BCUT2D eigenvalue weighted by Gasteiger charge is 2.23. The van der Waals surface area contributed by atoms with Gasteiger partial charge >= 0.3 is 0 Å². The predicted octanol–water partition coefficient (Wildman–Crippen LogP) is 7.94. The number of ether oxygens (including phenoxy) is 2. The Morgan fingerprint density at radius 3 is 2.41 bits per heavy atom. The van der Waals surface area contributed by atoms with E-state index in [2.05, 4.69) is 79.7 Å². The van der Waals surface area contributed by atoms with Crippen molar-refractivity contribution in [2.24, 2.45) is 4.99 Å². The molecule has 4 heteroatoms. The highest BCUT2D eigenvalue weighted by atomic mass is 32.2. The van der Waals surface area contributed by atoms with Crippen LogP contribution in [0.3, 0.4) is 0 Å². The molecule has 1 atom stereocenters. The van der Waals surface area contributed by atoms with Crippen molar-refractivity contribution in [2.45, 2.75) is 30.1 Å². The van der Waals surface area contributed by atoms with Gasteiger partial charge in [0.1, 0.15) is 6.61 Å². The van der Waals surface area contributed by atoms with Crippen LogP contribution in [0.25, 0.3) is 0 Å². The summed E-state index contributed by atoms with van der Waals surface area (Å²) in [5.41, 5.74) is 6.88. The fourth-order valence-corrected chi connectivity index (χ4v) is 5.29. The molecule has 5 rings (SSSR count). The molecule has 0 aliphatic carbocycles. The minimum absolute atomic E-state index is 0.209. The average Bonchev–Trinajstić information content (AvgIpc) is 3.08. The molecule has 1 aliphatic rings. The van der Waals surface area contributed by atoms with Crippen molar-refractivity contribution in [3.05, 3.63) is 119 Å². The Bertz CT molecular complexity index is 1300. The number of fused-ring (bicyclic) bond motifs is 1. The summed E-state index contributed by atoms with van der Waals surface area (Å²) in [6.07, 6.45) is 0.829. The van der Waals surface area contributed by atoms with Gasteiger partial charge in [0.25, 0.3) is 0 Å². The van der Waals surface area contributed by atoms with Crippen LogP contribution in [0.5, 0.6) is 11.5 Å². The molecule has 0 saturated carbocycles. The van der Waals surface area contributed by atoms with Crippen LogP contribution in [0.2, 0.25) is 0 Å². The summed E-state index contributed by atoms with van der Waals surface area (Å²) >= 11 is 1.86. The van der Waals surface area contributed by atoms with Crippen molar-refractivity contribution >= 4 is 23.2 Å². The van der Waals surface area contributed by atoms with Crippen LogP contribution in [-0.4, -0.2) is 12.8 Å². The van der Waals surface area contributed by atoms with Crippen LogP contribution in [0.15, 0.2) is 107 Å². The number of hydrogen-bond acceptors (Lipinski definition) is 4. The second-order valence-corrected chi connectivity index (χ2v) is 9.63. The van der Waals surface area contributed by atoms with Crippen molar-refractivity contribution in [2.75, 3.05) is 7.11 Å². The number of methoxy groups -OCH3 is 1. The first-order valence-electron chi connectivity index (χ1n) is 11.4. The summed E-state index contributed by atoms with van der Waals surface area (Å²) in [5, 5.41) is 0.209. The first kappa shape index (κ1) is 22.3.